The molecule has 0 aromatic rings. The van der Waals surface area contributed by atoms with Crippen LogP contribution in [0.1, 0.15) is 59.8 Å². The largest absolute Gasteiger partial charge is 0.444 e. The minimum absolute atomic E-state index is 0. The lowest BCUT2D eigenvalue weighted by atomic mass is 9.51. The number of hydrogen-bond acceptors (Lipinski definition) is 4. The fourth-order valence-corrected chi connectivity index (χ4v) is 3.80. The van der Waals surface area contributed by atoms with Crippen molar-refractivity contribution in [2.45, 2.75) is 77.5 Å². The number of rotatable bonds is 7. The highest BCUT2D eigenvalue weighted by atomic mass is 127. The zero-order chi connectivity index (χ0) is 19.2. The Kier molecular flexibility index (Phi) is 9.61. The van der Waals surface area contributed by atoms with E-state index in [0.29, 0.717) is 24.1 Å². The van der Waals surface area contributed by atoms with E-state index in [9.17, 15) is 4.79 Å². The highest BCUT2D eigenvalue weighted by Gasteiger charge is 2.59. The van der Waals surface area contributed by atoms with E-state index in [1.54, 1.807) is 7.05 Å². The van der Waals surface area contributed by atoms with Gasteiger partial charge < -0.3 is 25.4 Å². The van der Waals surface area contributed by atoms with Crippen LogP contribution >= 0.6 is 24.0 Å². The first-order valence-corrected chi connectivity index (χ1v) is 9.86. The standard InChI is InChI=1S/C19H36N4O3.HI/c1-6-25-15-13-14(19(15)9-7-10-19)23-16(20-5)21-11-8-12-22-17(24)26-18(2,3)4;/h14-15H,6-13H2,1-5H3,(H,22,24)(H2,20,21,23);1H. The monoisotopic (exact) mass is 496 g/mol. The molecule has 0 radical (unpaired) electrons. The Labute approximate surface area is 180 Å². The number of halogens is 1. The fourth-order valence-electron chi connectivity index (χ4n) is 3.80. The molecule has 2 rings (SSSR count). The summed E-state index contributed by atoms with van der Waals surface area (Å²) in [4.78, 5) is 15.9. The summed E-state index contributed by atoms with van der Waals surface area (Å²) in [6.45, 7) is 9.73. The molecule has 0 aromatic heterocycles. The van der Waals surface area contributed by atoms with Crippen molar-refractivity contribution in [3.63, 3.8) is 0 Å². The lowest BCUT2D eigenvalue weighted by molar-refractivity contribution is -0.168. The number of ether oxygens (including phenoxy) is 2. The molecule has 2 atom stereocenters. The number of nitrogens with zero attached hydrogens (tertiary/aromatic N) is 1. The molecule has 0 saturated heterocycles. The SMILES string of the molecule is CCOC1CC(NC(=NC)NCCCNC(=O)OC(C)(C)C)C12CCC2.I. The van der Waals surface area contributed by atoms with Gasteiger partial charge in [-0.15, -0.1) is 24.0 Å². The van der Waals surface area contributed by atoms with Gasteiger partial charge in [-0.1, -0.05) is 6.42 Å². The van der Waals surface area contributed by atoms with Crippen molar-refractivity contribution < 1.29 is 14.3 Å². The summed E-state index contributed by atoms with van der Waals surface area (Å²) in [6, 6.07) is 0.443. The molecule has 0 heterocycles. The highest BCUT2D eigenvalue weighted by molar-refractivity contribution is 14.0. The third-order valence-electron chi connectivity index (χ3n) is 5.29. The Morgan fingerprint density at radius 3 is 2.41 bits per heavy atom. The van der Waals surface area contributed by atoms with Crippen LogP contribution in [0.3, 0.4) is 0 Å². The molecule has 2 aliphatic carbocycles. The van der Waals surface area contributed by atoms with E-state index in [4.69, 9.17) is 9.47 Å². The summed E-state index contributed by atoms with van der Waals surface area (Å²) >= 11 is 0. The topological polar surface area (TPSA) is 84.0 Å². The Hall–Kier alpha value is -0.770. The van der Waals surface area contributed by atoms with E-state index in [2.05, 4.69) is 27.9 Å². The van der Waals surface area contributed by atoms with Crippen LogP contribution in [0.25, 0.3) is 0 Å². The van der Waals surface area contributed by atoms with Crippen LogP contribution in [-0.2, 0) is 9.47 Å². The van der Waals surface area contributed by atoms with Crippen LogP contribution < -0.4 is 16.0 Å². The van der Waals surface area contributed by atoms with Crippen molar-refractivity contribution in [2.24, 2.45) is 10.4 Å². The number of aliphatic imine (C=N–C) groups is 1. The molecular formula is C19H37IN4O3. The molecule has 7 nitrogen and oxygen atoms in total. The quantitative estimate of drug-likeness (QED) is 0.219. The normalized spacial score (nSPS) is 23.5. The fraction of sp³-hybridized carbons (Fsp3) is 0.895. The Morgan fingerprint density at radius 2 is 1.89 bits per heavy atom. The molecule has 8 heteroatoms. The Morgan fingerprint density at radius 1 is 1.22 bits per heavy atom. The summed E-state index contributed by atoms with van der Waals surface area (Å²) in [5.74, 6) is 0.827. The van der Waals surface area contributed by atoms with Crippen molar-refractivity contribution in [2.75, 3.05) is 26.7 Å². The number of carbonyl (C=O) groups is 1. The Balaban J connectivity index is 0.00000364. The number of carbonyl (C=O) groups excluding carboxylic acids is 1. The predicted octanol–water partition coefficient (Wildman–Crippen LogP) is 3.03. The average molecular weight is 496 g/mol. The summed E-state index contributed by atoms with van der Waals surface area (Å²) < 4.78 is 11.1. The molecular weight excluding hydrogens is 459 g/mol. The molecule has 2 unspecified atom stereocenters. The van der Waals surface area contributed by atoms with Gasteiger partial charge in [0.2, 0.25) is 0 Å². The molecule has 0 bridgehead atoms. The van der Waals surface area contributed by atoms with E-state index in [1.807, 2.05) is 20.8 Å². The lowest BCUT2D eigenvalue weighted by Gasteiger charge is -2.61. The van der Waals surface area contributed by atoms with Gasteiger partial charge >= 0.3 is 6.09 Å². The second-order valence-electron chi connectivity index (χ2n) is 8.24. The highest BCUT2D eigenvalue weighted by Crippen LogP contribution is 2.57. The smallest absolute Gasteiger partial charge is 0.407 e. The molecule has 2 aliphatic rings. The van der Waals surface area contributed by atoms with Gasteiger partial charge in [0.1, 0.15) is 5.60 Å². The molecule has 1 spiro atoms. The molecule has 158 valence electrons. The van der Waals surface area contributed by atoms with Crippen LogP contribution in [0, 0.1) is 5.41 Å². The van der Waals surface area contributed by atoms with E-state index < -0.39 is 5.60 Å². The van der Waals surface area contributed by atoms with Crippen molar-refractivity contribution in [3.05, 3.63) is 0 Å². The molecule has 2 fully saturated rings. The zero-order valence-corrected chi connectivity index (χ0v) is 19.7. The second kappa shape index (κ2) is 10.7. The molecule has 1 amide bonds. The van der Waals surface area contributed by atoms with Gasteiger partial charge in [-0.2, -0.15) is 0 Å². The molecule has 27 heavy (non-hydrogen) atoms. The molecule has 0 aliphatic heterocycles. The third kappa shape index (κ3) is 6.66. The van der Waals surface area contributed by atoms with E-state index in [-0.39, 0.29) is 30.1 Å². The van der Waals surface area contributed by atoms with Gasteiger partial charge in [-0.05, 0) is 53.4 Å². The molecule has 2 saturated carbocycles. The number of nitrogens with one attached hydrogen (secondary N) is 3. The number of guanidine groups is 1. The van der Waals surface area contributed by atoms with Gasteiger partial charge in [0.05, 0.1) is 6.10 Å². The summed E-state index contributed by atoms with van der Waals surface area (Å²) in [6.07, 6.45) is 5.66. The van der Waals surface area contributed by atoms with Gasteiger partial charge in [-0.3, -0.25) is 4.99 Å². The van der Waals surface area contributed by atoms with Gasteiger partial charge in [-0.25, -0.2) is 4.79 Å². The molecule has 0 aromatic carbocycles. The van der Waals surface area contributed by atoms with Gasteiger partial charge in [0.15, 0.2) is 5.96 Å². The maximum Gasteiger partial charge on any atom is 0.407 e. The Bertz CT molecular complexity index is 504. The summed E-state index contributed by atoms with van der Waals surface area (Å²) in [5.41, 5.74) is -0.153. The average Bonchev–Trinajstić information content (AvgIpc) is 2.48. The first-order chi connectivity index (χ1) is 12.3. The summed E-state index contributed by atoms with van der Waals surface area (Å²) in [7, 11) is 1.79. The van der Waals surface area contributed by atoms with Crippen LogP contribution in [0.4, 0.5) is 4.79 Å². The minimum Gasteiger partial charge on any atom is -0.444 e. The number of hydrogen-bond donors (Lipinski definition) is 3. The maximum absolute atomic E-state index is 11.6. The second-order valence-corrected chi connectivity index (χ2v) is 8.24. The first kappa shape index (κ1) is 24.3. The van der Waals surface area contributed by atoms with Crippen molar-refractivity contribution in [1.82, 2.24) is 16.0 Å². The van der Waals surface area contributed by atoms with Crippen LogP contribution in [0.2, 0.25) is 0 Å². The van der Waals surface area contributed by atoms with Crippen LogP contribution in [0.5, 0.6) is 0 Å². The maximum atomic E-state index is 11.6. The zero-order valence-electron chi connectivity index (χ0n) is 17.4. The minimum atomic E-state index is -0.464. The van der Waals surface area contributed by atoms with E-state index >= 15 is 0 Å². The first-order valence-electron chi connectivity index (χ1n) is 9.86. The van der Waals surface area contributed by atoms with Crippen LogP contribution in [0.15, 0.2) is 4.99 Å². The van der Waals surface area contributed by atoms with Gasteiger partial charge in [0, 0.05) is 38.2 Å². The predicted molar refractivity (Wildman–Crippen MR) is 119 cm³/mol. The van der Waals surface area contributed by atoms with E-state index in [0.717, 1.165) is 32.0 Å². The summed E-state index contributed by atoms with van der Waals surface area (Å²) in [5, 5.41) is 9.66. The van der Waals surface area contributed by atoms with Crippen molar-refractivity contribution in [3.8, 4) is 0 Å². The van der Waals surface area contributed by atoms with Crippen molar-refractivity contribution >= 4 is 36.0 Å². The number of amides is 1. The third-order valence-corrected chi connectivity index (χ3v) is 5.29. The van der Waals surface area contributed by atoms with Crippen molar-refractivity contribution in [1.29, 1.82) is 0 Å². The molecule has 3 N–H and O–H groups in total. The van der Waals surface area contributed by atoms with Crippen LogP contribution in [-0.4, -0.2) is 56.5 Å². The van der Waals surface area contributed by atoms with Gasteiger partial charge in [0.25, 0.3) is 0 Å². The lowest BCUT2D eigenvalue weighted by Crippen LogP contribution is -2.68. The number of alkyl carbamates (subject to hydrolysis) is 1. The van der Waals surface area contributed by atoms with E-state index in [1.165, 1.54) is 19.3 Å².